The summed E-state index contributed by atoms with van der Waals surface area (Å²) in [6.07, 6.45) is 0.131. The van der Waals surface area contributed by atoms with Gasteiger partial charge in [-0.2, -0.15) is 0 Å². The molecule has 0 saturated carbocycles. The second-order valence-electron chi connectivity index (χ2n) is 3.09. The first-order chi connectivity index (χ1) is 6.66. The first-order valence-corrected chi connectivity index (χ1v) is 5.36. The Kier molecular flexibility index (Phi) is 2.95. The van der Waals surface area contributed by atoms with Crippen molar-refractivity contribution in [2.24, 2.45) is 0 Å². The van der Waals surface area contributed by atoms with Gasteiger partial charge in [0.2, 0.25) is 0 Å². The zero-order valence-corrected chi connectivity index (χ0v) is 9.53. The molecule has 0 atom stereocenters. The van der Waals surface area contributed by atoms with Crippen molar-refractivity contribution >= 4 is 27.5 Å². The van der Waals surface area contributed by atoms with Crippen molar-refractivity contribution in [3.8, 4) is 5.75 Å². The summed E-state index contributed by atoms with van der Waals surface area (Å²) in [4.78, 5) is 0. The van der Waals surface area contributed by atoms with Crippen LogP contribution in [0.5, 0.6) is 5.75 Å². The number of hydrogen-bond acceptors (Lipinski definition) is 2. The van der Waals surface area contributed by atoms with E-state index >= 15 is 0 Å². The molecule has 0 bridgehead atoms. The summed E-state index contributed by atoms with van der Waals surface area (Å²) in [5.74, 6) is 0.0375. The monoisotopic (exact) mass is 279 g/mol. The third kappa shape index (κ3) is 2.02. The van der Waals surface area contributed by atoms with E-state index in [0.29, 0.717) is 10.2 Å². The molecule has 1 aliphatic rings. The number of ether oxygens (including phenoxy) is 1. The van der Waals surface area contributed by atoms with Crippen LogP contribution >= 0.6 is 27.5 Å². The lowest BCUT2D eigenvalue weighted by Crippen LogP contribution is -2.50. The van der Waals surface area contributed by atoms with Gasteiger partial charge in [-0.15, -0.1) is 0 Å². The Labute approximate surface area is 94.5 Å². The van der Waals surface area contributed by atoms with Crippen molar-refractivity contribution in [1.29, 1.82) is 0 Å². The Hall–Kier alpha value is -0.320. The van der Waals surface area contributed by atoms with E-state index in [2.05, 4.69) is 21.2 Å². The van der Waals surface area contributed by atoms with E-state index in [9.17, 15) is 4.39 Å². The molecule has 2 rings (SSSR count). The molecule has 1 heterocycles. The second-order valence-corrected chi connectivity index (χ2v) is 4.36. The molecule has 0 spiro atoms. The van der Waals surface area contributed by atoms with Gasteiger partial charge in [-0.05, 0) is 22.0 Å². The van der Waals surface area contributed by atoms with Crippen molar-refractivity contribution < 1.29 is 9.13 Å². The molecule has 0 radical (unpaired) electrons. The van der Waals surface area contributed by atoms with E-state index in [1.807, 2.05) is 0 Å². The number of hydrogen-bond donors (Lipinski definition) is 1. The zero-order chi connectivity index (χ0) is 10.1. The fourth-order valence-electron chi connectivity index (χ4n) is 1.12. The Morgan fingerprint density at radius 1 is 1.50 bits per heavy atom. The quantitative estimate of drug-likeness (QED) is 0.841. The molecule has 1 fully saturated rings. The molecule has 76 valence electrons. The van der Waals surface area contributed by atoms with Crippen LogP contribution in [-0.4, -0.2) is 19.2 Å². The lowest BCUT2D eigenvalue weighted by Gasteiger charge is -2.28. The van der Waals surface area contributed by atoms with Gasteiger partial charge in [-0.25, -0.2) is 4.39 Å². The van der Waals surface area contributed by atoms with E-state index in [4.69, 9.17) is 16.3 Å². The first kappa shape index (κ1) is 10.2. The normalized spacial score (nSPS) is 16.5. The van der Waals surface area contributed by atoms with Gasteiger partial charge < -0.3 is 10.1 Å². The van der Waals surface area contributed by atoms with E-state index in [-0.39, 0.29) is 11.1 Å². The van der Waals surface area contributed by atoms with Crippen LogP contribution in [0.3, 0.4) is 0 Å². The molecular formula is C9H8BrClFNO. The van der Waals surface area contributed by atoms with Crippen molar-refractivity contribution in [2.75, 3.05) is 13.1 Å². The van der Waals surface area contributed by atoms with E-state index < -0.39 is 5.82 Å². The number of nitrogens with one attached hydrogen (secondary N) is 1. The van der Waals surface area contributed by atoms with Crippen LogP contribution in [0.25, 0.3) is 0 Å². The highest BCUT2D eigenvalue weighted by atomic mass is 79.9. The average Bonchev–Trinajstić information content (AvgIpc) is 2.06. The summed E-state index contributed by atoms with van der Waals surface area (Å²) in [6.45, 7) is 1.60. The van der Waals surface area contributed by atoms with E-state index in [1.165, 1.54) is 12.1 Å². The van der Waals surface area contributed by atoms with Gasteiger partial charge in [0.15, 0.2) is 0 Å². The summed E-state index contributed by atoms with van der Waals surface area (Å²) < 4.78 is 19.3. The minimum absolute atomic E-state index is 0.0935. The summed E-state index contributed by atoms with van der Waals surface area (Å²) in [5.41, 5.74) is 0. The van der Waals surface area contributed by atoms with Crippen LogP contribution < -0.4 is 10.1 Å². The lowest BCUT2D eigenvalue weighted by molar-refractivity contribution is 0.141. The van der Waals surface area contributed by atoms with E-state index in [1.54, 1.807) is 0 Å². The third-order valence-electron chi connectivity index (χ3n) is 2.01. The Morgan fingerprint density at radius 2 is 2.21 bits per heavy atom. The summed E-state index contributed by atoms with van der Waals surface area (Å²) in [7, 11) is 0. The maximum atomic E-state index is 13.1. The van der Waals surface area contributed by atoms with Gasteiger partial charge in [0.25, 0.3) is 0 Å². The fraction of sp³-hybridized carbons (Fsp3) is 0.333. The Morgan fingerprint density at radius 3 is 2.79 bits per heavy atom. The van der Waals surface area contributed by atoms with Crippen LogP contribution in [-0.2, 0) is 0 Å². The highest BCUT2D eigenvalue weighted by Gasteiger charge is 2.20. The zero-order valence-electron chi connectivity index (χ0n) is 7.19. The summed E-state index contributed by atoms with van der Waals surface area (Å²) in [5, 5.41) is 3.16. The smallest absolute Gasteiger partial charge is 0.145 e. The van der Waals surface area contributed by atoms with Crippen molar-refractivity contribution in [3.63, 3.8) is 0 Å². The second kappa shape index (κ2) is 4.04. The molecule has 0 amide bonds. The molecule has 14 heavy (non-hydrogen) atoms. The number of rotatable bonds is 2. The Bertz CT molecular complexity index is 357. The van der Waals surface area contributed by atoms with E-state index in [0.717, 1.165) is 13.1 Å². The maximum absolute atomic E-state index is 13.1. The van der Waals surface area contributed by atoms with Crippen LogP contribution in [0.1, 0.15) is 0 Å². The Balaban J connectivity index is 2.19. The molecule has 1 saturated heterocycles. The molecule has 1 aromatic rings. The molecule has 0 aliphatic carbocycles. The van der Waals surface area contributed by atoms with Crippen molar-refractivity contribution in [3.05, 3.63) is 27.4 Å². The van der Waals surface area contributed by atoms with Crippen LogP contribution in [0, 0.1) is 5.82 Å². The highest BCUT2D eigenvalue weighted by Crippen LogP contribution is 2.31. The van der Waals surface area contributed by atoms with Crippen LogP contribution in [0.4, 0.5) is 4.39 Å². The summed E-state index contributed by atoms with van der Waals surface area (Å²) >= 11 is 8.86. The summed E-state index contributed by atoms with van der Waals surface area (Å²) in [6, 6.07) is 2.79. The van der Waals surface area contributed by atoms with Gasteiger partial charge in [-0.1, -0.05) is 11.6 Å². The predicted octanol–water partition coefficient (Wildman–Crippen LogP) is 2.59. The molecule has 5 heteroatoms. The lowest BCUT2D eigenvalue weighted by atomic mass is 10.2. The molecular weight excluding hydrogens is 272 g/mol. The van der Waals surface area contributed by atoms with Gasteiger partial charge >= 0.3 is 0 Å². The highest BCUT2D eigenvalue weighted by molar-refractivity contribution is 9.10. The fourth-order valence-corrected chi connectivity index (χ4v) is 1.85. The SMILES string of the molecule is Fc1cc(OC2CNC2)c(Br)cc1Cl. The van der Waals surface area contributed by atoms with Gasteiger partial charge in [0.1, 0.15) is 17.7 Å². The number of halogens is 3. The first-order valence-electron chi connectivity index (χ1n) is 4.19. The van der Waals surface area contributed by atoms with Crippen molar-refractivity contribution in [1.82, 2.24) is 5.32 Å². The molecule has 0 unspecified atom stereocenters. The maximum Gasteiger partial charge on any atom is 0.145 e. The van der Waals surface area contributed by atoms with Crippen LogP contribution in [0.15, 0.2) is 16.6 Å². The standard InChI is InChI=1S/C9H8BrClFNO/c10-6-1-7(11)8(12)2-9(6)14-5-3-13-4-5/h1-2,5,13H,3-4H2. The molecule has 2 nitrogen and oxygen atoms in total. The minimum Gasteiger partial charge on any atom is -0.486 e. The van der Waals surface area contributed by atoms with Gasteiger partial charge in [-0.3, -0.25) is 0 Å². The average molecular weight is 281 g/mol. The van der Waals surface area contributed by atoms with Crippen LogP contribution in [0.2, 0.25) is 5.02 Å². The molecule has 1 aromatic carbocycles. The molecule has 1 N–H and O–H groups in total. The number of benzene rings is 1. The topological polar surface area (TPSA) is 21.3 Å². The molecule has 0 aromatic heterocycles. The minimum atomic E-state index is -0.461. The van der Waals surface area contributed by atoms with Gasteiger partial charge in [0.05, 0.1) is 9.50 Å². The third-order valence-corrected chi connectivity index (χ3v) is 2.92. The predicted molar refractivity (Wildman–Crippen MR) is 56.4 cm³/mol. The van der Waals surface area contributed by atoms with Crippen molar-refractivity contribution in [2.45, 2.75) is 6.10 Å². The van der Waals surface area contributed by atoms with Gasteiger partial charge in [0, 0.05) is 19.2 Å². The largest absolute Gasteiger partial charge is 0.486 e. The molecule has 1 aliphatic heterocycles.